The lowest BCUT2D eigenvalue weighted by atomic mass is 10.2. The van der Waals surface area contributed by atoms with Crippen LogP contribution >= 0.6 is 0 Å². The highest BCUT2D eigenvalue weighted by molar-refractivity contribution is 6.85. The molecule has 2 aromatic rings. The van der Waals surface area contributed by atoms with E-state index in [2.05, 4.69) is 81.9 Å². The van der Waals surface area contributed by atoms with Crippen molar-refractivity contribution >= 4 is 25.2 Å². The summed E-state index contributed by atoms with van der Waals surface area (Å²) < 4.78 is 6.09. The molecule has 0 heterocycles. The molecule has 2 aromatic carbocycles. The molecule has 0 aromatic heterocycles. The largest absolute Gasteiger partial charge is 0.379 e. The zero-order valence-corrected chi connectivity index (χ0v) is 14.1. The summed E-state index contributed by atoms with van der Waals surface area (Å²) in [6, 6.07) is 19.3. The molecule has 0 N–H and O–H groups in total. The van der Waals surface area contributed by atoms with Crippen molar-refractivity contribution < 1.29 is 4.74 Å². The Labute approximate surface area is 129 Å². The molecule has 0 aliphatic heterocycles. The molecule has 0 spiro atoms. The zero-order chi connectivity index (χ0) is 15.3. The highest BCUT2D eigenvalue weighted by atomic mass is 28.3. The van der Waals surface area contributed by atoms with Gasteiger partial charge in [-0.25, -0.2) is 0 Å². The summed E-state index contributed by atoms with van der Waals surface area (Å²) in [5.74, 6) is 0. The zero-order valence-electron chi connectivity index (χ0n) is 13.1. The van der Waals surface area contributed by atoms with Crippen LogP contribution in [0.2, 0.25) is 0 Å². The van der Waals surface area contributed by atoms with Crippen LogP contribution < -0.4 is 10.4 Å². The van der Waals surface area contributed by atoms with Gasteiger partial charge in [-0.2, -0.15) is 0 Å². The van der Waals surface area contributed by atoms with E-state index in [1.165, 1.54) is 15.9 Å². The quantitative estimate of drug-likeness (QED) is 0.769. The Hall–Kier alpha value is -1.64. The molecular formula is C19H23OSi. The highest BCUT2D eigenvalue weighted by Gasteiger charge is 2.21. The Kier molecular flexibility index (Phi) is 5.15. The van der Waals surface area contributed by atoms with Crippen LogP contribution in [0.4, 0.5) is 0 Å². The fourth-order valence-electron chi connectivity index (χ4n) is 2.11. The molecule has 21 heavy (non-hydrogen) atoms. The van der Waals surface area contributed by atoms with E-state index >= 15 is 0 Å². The maximum absolute atomic E-state index is 6.09. The molecule has 109 valence electrons. The summed E-state index contributed by atoms with van der Waals surface area (Å²) in [6.45, 7) is 10.2. The second kappa shape index (κ2) is 6.88. The first-order valence-electron chi connectivity index (χ1n) is 7.28. The maximum Gasteiger partial charge on any atom is 0.150 e. The van der Waals surface area contributed by atoms with Crippen LogP contribution in [0.3, 0.4) is 0 Å². The Morgan fingerprint density at radius 2 is 1.67 bits per heavy atom. The van der Waals surface area contributed by atoms with Crippen molar-refractivity contribution in [2.75, 3.05) is 6.23 Å². The molecule has 0 aliphatic carbocycles. The third kappa shape index (κ3) is 4.69. The van der Waals surface area contributed by atoms with Gasteiger partial charge in [0, 0.05) is 6.23 Å². The Morgan fingerprint density at radius 3 is 2.29 bits per heavy atom. The van der Waals surface area contributed by atoms with Crippen molar-refractivity contribution in [3.63, 3.8) is 0 Å². The van der Waals surface area contributed by atoms with Gasteiger partial charge in [-0.3, -0.25) is 0 Å². The highest BCUT2D eigenvalue weighted by Crippen LogP contribution is 2.08. The Bertz CT molecular complexity index is 584. The molecule has 2 rings (SSSR count). The summed E-state index contributed by atoms with van der Waals surface area (Å²) in [5.41, 5.74) is 1.06. The SMILES string of the molecule is C=Cc1cccc([Si](COC(C)(C)C)c2ccccc2)c1. The summed E-state index contributed by atoms with van der Waals surface area (Å²) >= 11 is 0. The summed E-state index contributed by atoms with van der Waals surface area (Å²) in [6.07, 6.45) is 2.68. The van der Waals surface area contributed by atoms with E-state index in [-0.39, 0.29) is 5.60 Å². The third-order valence-corrected chi connectivity index (χ3v) is 5.71. The van der Waals surface area contributed by atoms with Gasteiger partial charge >= 0.3 is 0 Å². The van der Waals surface area contributed by atoms with Gasteiger partial charge in [0.05, 0.1) is 5.60 Å². The van der Waals surface area contributed by atoms with Crippen molar-refractivity contribution in [2.45, 2.75) is 26.4 Å². The van der Waals surface area contributed by atoms with E-state index in [1.807, 2.05) is 6.08 Å². The van der Waals surface area contributed by atoms with Gasteiger partial charge < -0.3 is 4.74 Å². The Morgan fingerprint density at radius 1 is 1.00 bits per heavy atom. The van der Waals surface area contributed by atoms with Gasteiger partial charge in [-0.15, -0.1) is 0 Å². The fraction of sp³-hybridized carbons (Fsp3) is 0.263. The molecule has 0 atom stereocenters. The molecule has 0 fully saturated rings. The maximum atomic E-state index is 6.09. The molecule has 0 saturated carbocycles. The van der Waals surface area contributed by atoms with Crippen molar-refractivity contribution in [1.29, 1.82) is 0 Å². The molecule has 0 bridgehead atoms. The predicted octanol–water partition coefficient (Wildman–Crippen LogP) is 3.29. The lowest BCUT2D eigenvalue weighted by Gasteiger charge is -2.24. The summed E-state index contributed by atoms with van der Waals surface area (Å²) in [4.78, 5) is 0. The molecule has 0 unspecified atom stereocenters. The first-order valence-corrected chi connectivity index (χ1v) is 8.98. The van der Waals surface area contributed by atoms with Crippen LogP contribution in [-0.4, -0.2) is 20.6 Å². The lowest BCUT2D eigenvalue weighted by Crippen LogP contribution is -2.48. The number of ether oxygens (including phenoxy) is 1. The first-order chi connectivity index (χ1) is 9.99. The average molecular weight is 295 g/mol. The van der Waals surface area contributed by atoms with E-state index in [1.54, 1.807) is 0 Å². The number of hydrogen-bond acceptors (Lipinski definition) is 1. The molecule has 0 aliphatic rings. The van der Waals surface area contributed by atoms with Gasteiger partial charge in [-0.05, 0) is 26.3 Å². The van der Waals surface area contributed by atoms with E-state index in [9.17, 15) is 0 Å². The Balaban J connectivity index is 2.33. The fourth-order valence-corrected chi connectivity index (χ4v) is 4.59. The topological polar surface area (TPSA) is 9.23 Å². The third-order valence-electron chi connectivity index (χ3n) is 3.24. The first kappa shape index (κ1) is 15.7. The van der Waals surface area contributed by atoms with Gasteiger partial charge in [0.15, 0.2) is 8.80 Å². The van der Waals surface area contributed by atoms with E-state index in [4.69, 9.17) is 4.74 Å². The monoisotopic (exact) mass is 295 g/mol. The van der Waals surface area contributed by atoms with Crippen molar-refractivity contribution in [3.05, 3.63) is 66.7 Å². The summed E-state index contributed by atoms with van der Waals surface area (Å²) in [5, 5.41) is 2.75. The number of benzene rings is 2. The second-order valence-corrected chi connectivity index (χ2v) is 8.48. The summed E-state index contributed by atoms with van der Waals surface area (Å²) in [7, 11) is -0.935. The molecule has 1 nitrogen and oxygen atoms in total. The normalized spacial score (nSPS) is 11.6. The van der Waals surface area contributed by atoms with Crippen molar-refractivity contribution in [3.8, 4) is 0 Å². The van der Waals surface area contributed by atoms with Crippen LogP contribution in [0, 0.1) is 0 Å². The average Bonchev–Trinajstić information content (AvgIpc) is 2.48. The molecule has 2 heteroatoms. The van der Waals surface area contributed by atoms with Crippen LogP contribution in [0.25, 0.3) is 6.08 Å². The number of rotatable bonds is 5. The minimum atomic E-state index is -0.935. The minimum Gasteiger partial charge on any atom is -0.379 e. The van der Waals surface area contributed by atoms with Crippen LogP contribution in [0.1, 0.15) is 26.3 Å². The van der Waals surface area contributed by atoms with E-state index in [0.717, 1.165) is 6.23 Å². The standard InChI is InChI=1S/C19H23OSi/c1-5-16-10-9-13-18(14-16)21(15-20-19(2,3)4)17-11-7-6-8-12-17/h5-14H,1,15H2,2-4H3. The molecule has 0 saturated heterocycles. The van der Waals surface area contributed by atoms with Gasteiger partial charge in [-0.1, -0.05) is 77.6 Å². The van der Waals surface area contributed by atoms with E-state index in [0.29, 0.717) is 0 Å². The van der Waals surface area contributed by atoms with Gasteiger partial charge in [0.1, 0.15) is 0 Å². The lowest BCUT2D eigenvalue weighted by molar-refractivity contribution is 0.0243. The van der Waals surface area contributed by atoms with Crippen molar-refractivity contribution in [1.82, 2.24) is 0 Å². The minimum absolute atomic E-state index is 0.110. The van der Waals surface area contributed by atoms with Crippen LogP contribution in [0.5, 0.6) is 0 Å². The molecule has 1 radical (unpaired) electrons. The molecule has 0 amide bonds. The molecular weight excluding hydrogens is 272 g/mol. The number of hydrogen-bond donors (Lipinski definition) is 0. The van der Waals surface area contributed by atoms with Crippen LogP contribution in [0.15, 0.2) is 61.2 Å². The predicted molar refractivity (Wildman–Crippen MR) is 93.7 cm³/mol. The van der Waals surface area contributed by atoms with Crippen LogP contribution in [-0.2, 0) is 4.74 Å². The van der Waals surface area contributed by atoms with Crippen molar-refractivity contribution in [2.24, 2.45) is 0 Å². The van der Waals surface area contributed by atoms with Gasteiger partial charge in [0.25, 0.3) is 0 Å². The smallest absolute Gasteiger partial charge is 0.150 e. The van der Waals surface area contributed by atoms with Gasteiger partial charge in [0.2, 0.25) is 0 Å². The van der Waals surface area contributed by atoms with E-state index < -0.39 is 8.80 Å². The second-order valence-electron chi connectivity index (χ2n) is 6.08.